The van der Waals surface area contributed by atoms with Gasteiger partial charge in [-0.15, -0.1) is 0 Å². The van der Waals surface area contributed by atoms with Gasteiger partial charge in [0.2, 0.25) is 0 Å². The molecule has 2 heterocycles. The quantitative estimate of drug-likeness (QED) is 0.739. The van der Waals surface area contributed by atoms with E-state index < -0.39 is 0 Å². The molecule has 0 radical (unpaired) electrons. The summed E-state index contributed by atoms with van der Waals surface area (Å²) in [7, 11) is 0. The van der Waals surface area contributed by atoms with Gasteiger partial charge in [0.25, 0.3) is 0 Å². The SMILES string of the molecule is Cc1ccc2cccc(NC(C)c3cc(C)oc3C)c2n1. The van der Waals surface area contributed by atoms with Crippen LogP contribution in [-0.2, 0) is 0 Å². The molecule has 3 aromatic rings. The van der Waals surface area contributed by atoms with Gasteiger partial charge in [-0.3, -0.25) is 4.98 Å². The third-order valence-corrected chi connectivity index (χ3v) is 3.78. The molecule has 3 heteroatoms. The van der Waals surface area contributed by atoms with Gasteiger partial charge in [-0.2, -0.15) is 0 Å². The van der Waals surface area contributed by atoms with E-state index in [4.69, 9.17) is 4.42 Å². The minimum atomic E-state index is 0.176. The van der Waals surface area contributed by atoms with Crippen LogP contribution in [0.1, 0.15) is 35.7 Å². The summed E-state index contributed by atoms with van der Waals surface area (Å²) in [6.07, 6.45) is 0. The van der Waals surface area contributed by atoms with E-state index in [2.05, 4.69) is 47.6 Å². The van der Waals surface area contributed by atoms with Gasteiger partial charge in [-0.25, -0.2) is 0 Å². The molecule has 0 bridgehead atoms. The maximum atomic E-state index is 5.62. The third kappa shape index (κ3) is 2.64. The number of rotatable bonds is 3. The van der Waals surface area contributed by atoms with Gasteiger partial charge in [0.05, 0.1) is 17.2 Å². The zero-order chi connectivity index (χ0) is 15.0. The molecule has 0 aliphatic rings. The van der Waals surface area contributed by atoms with Crippen LogP contribution in [0.3, 0.4) is 0 Å². The Balaban J connectivity index is 1.98. The van der Waals surface area contributed by atoms with Gasteiger partial charge in [0, 0.05) is 16.6 Å². The van der Waals surface area contributed by atoms with Crippen LogP contribution in [-0.4, -0.2) is 4.98 Å². The van der Waals surface area contributed by atoms with E-state index in [9.17, 15) is 0 Å². The molecule has 108 valence electrons. The Labute approximate surface area is 125 Å². The monoisotopic (exact) mass is 280 g/mol. The van der Waals surface area contributed by atoms with Crippen LogP contribution in [0.25, 0.3) is 10.9 Å². The number of benzene rings is 1. The second-order valence-corrected chi connectivity index (χ2v) is 5.56. The Morgan fingerprint density at radius 3 is 2.62 bits per heavy atom. The molecule has 0 spiro atoms. The summed E-state index contributed by atoms with van der Waals surface area (Å²) in [4.78, 5) is 4.66. The van der Waals surface area contributed by atoms with Crippen molar-refractivity contribution in [1.82, 2.24) is 4.98 Å². The third-order valence-electron chi connectivity index (χ3n) is 3.78. The van der Waals surface area contributed by atoms with Crippen LogP contribution in [0.5, 0.6) is 0 Å². The molecule has 0 aliphatic heterocycles. The molecule has 0 amide bonds. The standard InChI is InChI=1S/C18H20N2O/c1-11-8-9-15-6-5-7-17(18(15)19-11)20-13(3)16-10-12(2)21-14(16)4/h5-10,13,20H,1-4H3. The van der Waals surface area contributed by atoms with Crippen LogP contribution in [0.15, 0.2) is 40.8 Å². The number of aryl methyl sites for hydroxylation is 3. The lowest BCUT2D eigenvalue weighted by atomic mass is 10.1. The molecule has 0 aliphatic carbocycles. The van der Waals surface area contributed by atoms with Crippen LogP contribution in [0.4, 0.5) is 5.69 Å². The van der Waals surface area contributed by atoms with E-state index in [0.717, 1.165) is 33.8 Å². The van der Waals surface area contributed by atoms with E-state index in [1.54, 1.807) is 0 Å². The minimum Gasteiger partial charge on any atom is -0.466 e. The fourth-order valence-electron chi connectivity index (χ4n) is 2.75. The van der Waals surface area contributed by atoms with Crippen molar-refractivity contribution in [2.24, 2.45) is 0 Å². The Bertz CT molecular complexity index is 789. The molecular formula is C18H20N2O. The van der Waals surface area contributed by atoms with Gasteiger partial charge in [0.1, 0.15) is 11.5 Å². The Morgan fingerprint density at radius 1 is 1.10 bits per heavy atom. The fourth-order valence-corrected chi connectivity index (χ4v) is 2.75. The van der Waals surface area contributed by atoms with Crippen molar-refractivity contribution in [2.75, 3.05) is 5.32 Å². The second kappa shape index (κ2) is 5.24. The number of hydrogen-bond donors (Lipinski definition) is 1. The van der Waals surface area contributed by atoms with Crippen molar-refractivity contribution in [1.29, 1.82) is 0 Å². The van der Waals surface area contributed by atoms with Gasteiger partial charge < -0.3 is 9.73 Å². The predicted molar refractivity (Wildman–Crippen MR) is 86.7 cm³/mol. The zero-order valence-electron chi connectivity index (χ0n) is 12.9. The molecule has 3 nitrogen and oxygen atoms in total. The molecular weight excluding hydrogens is 260 g/mol. The summed E-state index contributed by atoms with van der Waals surface area (Å²) >= 11 is 0. The Hall–Kier alpha value is -2.29. The molecule has 0 fully saturated rings. The van der Waals surface area contributed by atoms with Crippen molar-refractivity contribution < 1.29 is 4.42 Å². The van der Waals surface area contributed by atoms with Crippen LogP contribution in [0.2, 0.25) is 0 Å². The summed E-state index contributed by atoms with van der Waals surface area (Å²) in [5.74, 6) is 1.92. The highest BCUT2D eigenvalue weighted by atomic mass is 16.3. The Morgan fingerprint density at radius 2 is 1.90 bits per heavy atom. The number of aromatic nitrogens is 1. The van der Waals surface area contributed by atoms with E-state index in [1.165, 1.54) is 5.56 Å². The number of hydrogen-bond acceptors (Lipinski definition) is 3. The van der Waals surface area contributed by atoms with Crippen molar-refractivity contribution in [3.8, 4) is 0 Å². The lowest BCUT2D eigenvalue weighted by molar-refractivity contribution is 0.500. The summed E-state index contributed by atoms with van der Waals surface area (Å²) in [5, 5.41) is 4.71. The molecule has 1 unspecified atom stereocenters. The van der Waals surface area contributed by atoms with Crippen LogP contribution in [0, 0.1) is 20.8 Å². The average Bonchev–Trinajstić information content (AvgIpc) is 2.78. The number of anilines is 1. The summed E-state index contributed by atoms with van der Waals surface area (Å²) in [5.41, 5.74) is 4.29. The first-order valence-electron chi connectivity index (χ1n) is 7.24. The number of para-hydroxylation sites is 1. The highest BCUT2D eigenvalue weighted by Crippen LogP contribution is 2.28. The number of fused-ring (bicyclic) bond motifs is 1. The first-order valence-corrected chi connectivity index (χ1v) is 7.24. The first-order chi connectivity index (χ1) is 10.0. The fraction of sp³-hybridized carbons (Fsp3) is 0.278. The molecule has 21 heavy (non-hydrogen) atoms. The van der Waals surface area contributed by atoms with E-state index >= 15 is 0 Å². The largest absolute Gasteiger partial charge is 0.466 e. The van der Waals surface area contributed by atoms with Crippen molar-refractivity contribution in [3.63, 3.8) is 0 Å². The smallest absolute Gasteiger partial charge is 0.106 e. The van der Waals surface area contributed by atoms with E-state index in [0.29, 0.717) is 0 Å². The lowest BCUT2D eigenvalue weighted by Gasteiger charge is -2.16. The molecule has 1 aromatic carbocycles. The number of furan rings is 1. The van der Waals surface area contributed by atoms with Crippen LogP contribution < -0.4 is 5.32 Å². The van der Waals surface area contributed by atoms with Crippen molar-refractivity contribution in [3.05, 3.63) is 59.2 Å². The van der Waals surface area contributed by atoms with Crippen molar-refractivity contribution >= 4 is 16.6 Å². The normalized spacial score (nSPS) is 12.6. The topological polar surface area (TPSA) is 38.1 Å². The molecule has 0 saturated heterocycles. The summed E-state index contributed by atoms with van der Waals surface area (Å²) < 4.78 is 5.62. The molecule has 1 atom stereocenters. The maximum absolute atomic E-state index is 5.62. The van der Waals surface area contributed by atoms with E-state index in [-0.39, 0.29) is 6.04 Å². The maximum Gasteiger partial charge on any atom is 0.106 e. The molecule has 3 rings (SSSR count). The van der Waals surface area contributed by atoms with Gasteiger partial charge in [0.15, 0.2) is 0 Å². The summed E-state index contributed by atoms with van der Waals surface area (Å²) in [6, 6.07) is 12.6. The Kier molecular flexibility index (Phi) is 3.42. The highest BCUT2D eigenvalue weighted by Gasteiger charge is 2.14. The van der Waals surface area contributed by atoms with Gasteiger partial charge >= 0.3 is 0 Å². The molecule has 2 aromatic heterocycles. The van der Waals surface area contributed by atoms with E-state index in [1.807, 2.05) is 26.8 Å². The highest BCUT2D eigenvalue weighted by molar-refractivity contribution is 5.90. The predicted octanol–water partition coefficient (Wildman–Crippen LogP) is 4.93. The number of pyridine rings is 1. The summed E-state index contributed by atoms with van der Waals surface area (Å²) in [6.45, 7) is 8.15. The second-order valence-electron chi connectivity index (χ2n) is 5.56. The number of nitrogens with zero attached hydrogens (tertiary/aromatic N) is 1. The van der Waals surface area contributed by atoms with Gasteiger partial charge in [-0.1, -0.05) is 18.2 Å². The number of nitrogens with one attached hydrogen (secondary N) is 1. The first kappa shape index (κ1) is 13.7. The van der Waals surface area contributed by atoms with Gasteiger partial charge in [-0.05, 0) is 45.9 Å². The van der Waals surface area contributed by atoms with Crippen LogP contribution >= 0.6 is 0 Å². The average molecular weight is 280 g/mol. The minimum absolute atomic E-state index is 0.176. The zero-order valence-corrected chi connectivity index (χ0v) is 12.9. The lowest BCUT2D eigenvalue weighted by Crippen LogP contribution is -2.07. The van der Waals surface area contributed by atoms with Crippen molar-refractivity contribution in [2.45, 2.75) is 33.7 Å². The molecule has 1 N–H and O–H groups in total. The molecule has 0 saturated carbocycles.